The van der Waals surface area contributed by atoms with E-state index >= 15 is 0 Å². The number of sulfonamides is 1. The van der Waals surface area contributed by atoms with Crippen molar-refractivity contribution in [3.8, 4) is 0 Å². The summed E-state index contributed by atoms with van der Waals surface area (Å²) in [7, 11) is -3.21. The fraction of sp³-hybridized carbons (Fsp3) is 1.00. The van der Waals surface area contributed by atoms with Crippen LogP contribution >= 0.6 is 0 Å². The van der Waals surface area contributed by atoms with E-state index in [2.05, 4.69) is 9.62 Å². The molecule has 1 saturated heterocycles. The standard InChI is InChI=1S/C25H46N2O4S/c28-16-17-31-24-10-6-20(7-11-24)18-27-15-14-23(19-27)26-32(29,30)25-12-8-22(9-13-25)21-4-2-1-3-5-21/h20-26,28H,1-19H2/t20?,22?,23-,24?,25?/m1/s1. The second-order valence-electron chi connectivity index (χ2n) is 11.1. The molecule has 7 heteroatoms. The highest BCUT2D eigenvalue weighted by Gasteiger charge is 2.36. The Balaban J connectivity index is 1.16. The van der Waals surface area contributed by atoms with Gasteiger partial charge in [-0.1, -0.05) is 32.1 Å². The van der Waals surface area contributed by atoms with Gasteiger partial charge in [0.2, 0.25) is 10.0 Å². The lowest BCUT2D eigenvalue weighted by Crippen LogP contribution is -2.44. The summed E-state index contributed by atoms with van der Waals surface area (Å²) in [5, 5.41) is 8.74. The Bertz CT molecular complexity index is 651. The highest BCUT2D eigenvalue weighted by atomic mass is 32.2. The van der Waals surface area contributed by atoms with E-state index in [9.17, 15) is 8.42 Å². The molecule has 3 aliphatic carbocycles. The van der Waals surface area contributed by atoms with Gasteiger partial charge in [0, 0.05) is 19.1 Å². The quantitative estimate of drug-likeness (QED) is 0.537. The molecule has 6 nitrogen and oxygen atoms in total. The molecule has 0 aromatic carbocycles. The van der Waals surface area contributed by atoms with Gasteiger partial charge >= 0.3 is 0 Å². The zero-order valence-electron chi connectivity index (χ0n) is 19.9. The van der Waals surface area contributed by atoms with Crippen LogP contribution in [0.2, 0.25) is 0 Å². The smallest absolute Gasteiger partial charge is 0.214 e. The van der Waals surface area contributed by atoms with Crippen LogP contribution in [0.3, 0.4) is 0 Å². The van der Waals surface area contributed by atoms with Crippen LogP contribution in [-0.4, -0.2) is 68.7 Å². The summed E-state index contributed by atoms with van der Waals surface area (Å²) in [6, 6.07) is 0.0836. The van der Waals surface area contributed by atoms with Gasteiger partial charge < -0.3 is 14.7 Å². The van der Waals surface area contributed by atoms with Crippen molar-refractivity contribution in [2.75, 3.05) is 32.8 Å². The van der Waals surface area contributed by atoms with Crippen molar-refractivity contribution in [2.45, 2.75) is 107 Å². The Labute approximate surface area is 195 Å². The first-order valence-corrected chi connectivity index (χ1v) is 15.0. The highest BCUT2D eigenvalue weighted by Crippen LogP contribution is 2.39. The van der Waals surface area contributed by atoms with Gasteiger partial charge in [-0.3, -0.25) is 0 Å². The van der Waals surface area contributed by atoms with Crippen LogP contribution in [0, 0.1) is 17.8 Å². The van der Waals surface area contributed by atoms with Crippen molar-refractivity contribution in [1.82, 2.24) is 9.62 Å². The Hall–Kier alpha value is -0.210. The molecule has 0 aromatic rings. The van der Waals surface area contributed by atoms with E-state index in [1.54, 1.807) is 0 Å². The number of rotatable bonds is 9. The third-order valence-electron chi connectivity index (χ3n) is 8.83. The fourth-order valence-corrected chi connectivity index (χ4v) is 8.71. The molecule has 1 heterocycles. The van der Waals surface area contributed by atoms with Crippen molar-refractivity contribution in [3.05, 3.63) is 0 Å². The van der Waals surface area contributed by atoms with Gasteiger partial charge in [0.05, 0.1) is 24.6 Å². The van der Waals surface area contributed by atoms with Crippen molar-refractivity contribution in [2.24, 2.45) is 17.8 Å². The van der Waals surface area contributed by atoms with Crippen LogP contribution in [-0.2, 0) is 14.8 Å². The zero-order valence-corrected chi connectivity index (χ0v) is 20.7. The average molecular weight is 471 g/mol. The second kappa shape index (κ2) is 12.0. The van der Waals surface area contributed by atoms with E-state index in [1.165, 1.54) is 44.9 Å². The fourth-order valence-electron chi connectivity index (χ4n) is 6.96. The normalized spacial score (nSPS) is 35.8. The maximum atomic E-state index is 13.1. The van der Waals surface area contributed by atoms with Gasteiger partial charge in [0.1, 0.15) is 0 Å². The van der Waals surface area contributed by atoms with Crippen molar-refractivity contribution in [1.29, 1.82) is 0 Å². The molecule has 1 atom stereocenters. The summed E-state index contributed by atoms with van der Waals surface area (Å²) in [6.07, 6.45) is 16.6. The summed E-state index contributed by atoms with van der Waals surface area (Å²) >= 11 is 0. The van der Waals surface area contributed by atoms with Gasteiger partial charge in [-0.15, -0.1) is 0 Å². The maximum Gasteiger partial charge on any atom is 0.214 e. The number of aliphatic hydroxyl groups is 1. The lowest BCUT2D eigenvalue weighted by Gasteiger charge is -2.36. The van der Waals surface area contributed by atoms with E-state index in [4.69, 9.17) is 9.84 Å². The number of nitrogens with zero attached hydrogens (tertiary/aromatic N) is 1. The van der Waals surface area contributed by atoms with Gasteiger partial charge in [0.25, 0.3) is 0 Å². The number of likely N-dealkylation sites (tertiary alicyclic amines) is 1. The molecule has 32 heavy (non-hydrogen) atoms. The summed E-state index contributed by atoms with van der Waals surface area (Å²) < 4.78 is 34.9. The van der Waals surface area contributed by atoms with E-state index in [0.29, 0.717) is 18.6 Å². The van der Waals surface area contributed by atoms with Crippen LogP contribution in [0.4, 0.5) is 0 Å². The molecule has 186 valence electrons. The average Bonchev–Trinajstić information content (AvgIpc) is 3.25. The monoisotopic (exact) mass is 470 g/mol. The molecule has 0 unspecified atom stereocenters. The van der Waals surface area contributed by atoms with Crippen molar-refractivity contribution >= 4 is 10.0 Å². The van der Waals surface area contributed by atoms with E-state index in [-0.39, 0.29) is 17.9 Å². The molecular weight excluding hydrogens is 424 g/mol. The minimum absolute atomic E-state index is 0.0836. The molecule has 2 N–H and O–H groups in total. The summed E-state index contributed by atoms with van der Waals surface area (Å²) in [5.74, 6) is 2.32. The number of nitrogens with one attached hydrogen (secondary N) is 1. The molecule has 1 aliphatic heterocycles. The maximum absolute atomic E-state index is 13.1. The van der Waals surface area contributed by atoms with Crippen LogP contribution in [0.15, 0.2) is 0 Å². The third kappa shape index (κ3) is 6.91. The molecule has 3 saturated carbocycles. The summed E-state index contributed by atoms with van der Waals surface area (Å²) in [5.41, 5.74) is 0. The first-order valence-electron chi connectivity index (χ1n) is 13.5. The SMILES string of the molecule is O=S(=O)(N[C@@H]1CCN(CC2CCC(OCCO)CC2)C1)C1CCC(C2CCCCC2)CC1. The van der Waals surface area contributed by atoms with E-state index < -0.39 is 10.0 Å². The third-order valence-corrected chi connectivity index (χ3v) is 10.8. The van der Waals surface area contributed by atoms with Gasteiger partial charge in [0.15, 0.2) is 0 Å². The molecular formula is C25H46N2O4S. The molecule has 4 aliphatic rings. The molecule has 0 spiro atoms. The predicted octanol–water partition coefficient (Wildman–Crippen LogP) is 3.69. The van der Waals surface area contributed by atoms with Gasteiger partial charge in [-0.25, -0.2) is 13.1 Å². The first kappa shape index (κ1) is 24.9. The Morgan fingerprint density at radius 2 is 1.53 bits per heavy atom. The first-order chi connectivity index (χ1) is 15.5. The Morgan fingerprint density at radius 1 is 0.844 bits per heavy atom. The highest BCUT2D eigenvalue weighted by molar-refractivity contribution is 7.90. The minimum Gasteiger partial charge on any atom is -0.394 e. The summed E-state index contributed by atoms with van der Waals surface area (Å²) in [6.45, 7) is 3.50. The second-order valence-corrected chi connectivity index (χ2v) is 13.1. The zero-order chi connectivity index (χ0) is 22.4. The van der Waals surface area contributed by atoms with Crippen LogP contribution < -0.4 is 4.72 Å². The minimum atomic E-state index is -3.21. The van der Waals surface area contributed by atoms with Gasteiger partial charge in [-0.2, -0.15) is 0 Å². The van der Waals surface area contributed by atoms with Crippen molar-refractivity contribution < 1.29 is 18.3 Å². The summed E-state index contributed by atoms with van der Waals surface area (Å²) in [4.78, 5) is 2.47. The largest absolute Gasteiger partial charge is 0.394 e. The van der Waals surface area contributed by atoms with Crippen molar-refractivity contribution in [3.63, 3.8) is 0 Å². The van der Waals surface area contributed by atoms with Crippen LogP contribution in [0.1, 0.15) is 89.9 Å². The molecule has 0 amide bonds. The van der Waals surface area contributed by atoms with Crippen LogP contribution in [0.25, 0.3) is 0 Å². The number of hydrogen-bond acceptors (Lipinski definition) is 5. The van der Waals surface area contributed by atoms with E-state index in [0.717, 1.165) is 76.4 Å². The Kier molecular flexibility index (Phi) is 9.31. The van der Waals surface area contributed by atoms with E-state index in [1.807, 2.05) is 0 Å². The molecule has 4 rings (SSSR count). The lowest BCUT2D eigenvalue weighted by molar-refractivity contribution is -0.00197. The topological polar surface area (TPSA) is 78.9 Å². The Morgan fingerprint density at radius 3 is 2.22 bits per heavy atom. The number of ether oxygens (including phenoxy) is 1. The lowest BCUT2D eigenvalue weighted by atomic mass is 9.73. The molecule has 0 aromatic heterocycles. The predicted molar refractivity (Wildman–Crippen MR) is 128 cm³/mol. The van der Waals surface area contributed by atoms with Crippen LogP contribution in [0.5, 0.6) is 0 Å². The number of aliphatic hydroxyl groups excluding tert-OH is 1. The molecule has 4 fully saturated rings. The molecule has 0 radical (unpaired) electrons. The molecule has 0 bridgehead atoms. The van der Waals surface area contributed by atoms with Gasteiger partial charge in [-0.05, 0) is 82.1 Å². The number of hydrogen-bond donors (Lipinski definition) is 2.